The van der Waals surface area contributed by atoms with E-state index in [0.717, 1.165) is 0 Å². The fraction of sp³-hybridized carbons (Fsp3) is 0.900. The van der Waals surface area contributed by atoms with E-state index in [2.05, 4.69) is 45.3 Å². The van der Waals surface area contributed by atoms with Crippen molar-refractivity contribution in [1.29, 1.82) is 0 Å². The van der Waals surface area contributed by atoms with Crippen molar-refractivity contribution >= 4 is 6.03 Å². The maximum Gasteiger partial charge on any atom is 0.314 e. The Morgan fingerprint density at radius 1 is 1.15 bits per heavy atom. The highest BCUT2D eigenvalue weighted by molar-refractivity contribution is 5.73. The van der Waals surface area contributed by atoms with Crippen LogP contribution in [0.25, 0.3) is 0 Å². The summed E-state index contributed by atoms with van der Waals surface area (Å²) in [6.07, 6.45) is 0. The minimum absolute atomic E-state index is 0.0967. The van der Waals surface area contributed by atoms with Gasteiger partial charge in [0.05, 0.1) is 0 Å². The van der Waals surface area contributed by atoms with Crippen molar-refractivity contribution in [1.82, 2.24) is 10.6 Å². The van der Waals surface area contributed by atoms with Crippen LogP contribution in [-0.4, -0.2) is 19.6 Å². The van der Waals surface area contributed by atoms with Gasteiger partial charge in [0.2, 0.25) is 0 Å². The molecule has 0 spiro atoms. The molecule has 0 bridgehead atoms. The topological polar surface area (TPSA) is 41.1 Å². The van der Waals surface area contributed by atoms with Crippen LogP contribution in [0, 0.1) is 10.8 Å². The van der Waals surface area contributed by atoms with Crippen LogP contribution in [0.1, 0.15) is 34.6 Å². The molecule has 0 radical (unpaired) electrons. The molecular weight excluding hydrogens is 164 g/mol. The van der Waals surface area contributed by atoms with Crippen molar-refractivity contribution in [3.8, 4) is 0 Å². The van der Waals surface area contributed by atoms with E-state index in [1.165, 1.54) is 0 Å². The third-order valence-electron chi connectivity index (χ3n) is 2.95. The minimum atomic E-state index is -0.114. The van der Waals surface area contributed by atoms with Gasteiger partial charge in [0.25, 0.3) is 0 Å². The molecule has 3 nitrogen and oxygen atoms in total. The first-order valence-electron chi connectivity index (χ1n) is 4.66. The van der Waals surface area contributed by atoms with Gasteiger partial charge in [-0.1, -0.05) is 34.6 Å². The zero-order valence-corrected chi connectivity index (χ0v) is 9.62. The number of hydrogen-bond donors (Lipinski definition) is 2. The Labute approximate surface area is 81.3 Å². The molecule has 0 saturated carbocycles. The molecule has 0 saturated heterocycles. The Morgan fingerprint density at radius 3 is 1.92 bits per heavy atom. The SMILES string of the molecule is CNC(=O)NCC(C)(C)C(C)(C)C. The molecule has 0 rings (SSSR count). The van der Waals surface area contributed by atoms with Gasteiger partial charge in [0.15, 0.2) is 0 Å². The van der Waals surface area contributed by atoms with Gasteiger partial charge >= 0.3 is 6.03 Å². The van der Waals surface area contributed by atoms with E-state index in [1.807, 2.05) is 0 Å². The van der Waals surface area contributed by atoms with Crippen molar-refractivity contribution < 1.29 is 4.79 Å². The number of hydrogen-bond acceptors (Lipinski definition) is 1. The lowest BCUT2D eigenvalue weighted by Gasteiger charge is -2.38. The summed E-state index contributed by atoms with van der Waals surface area (Å²) in [4.78, 5) is 11.0. The summed E-state index contributed by atoms with van der Waals surface area (Å²) in [5.41, 5.74) is 0.285. The molecular formula is C10H22N2O. The zero-order chi connectivity index (χ0) is 10.7. The lowest BCUT2D eigenvalue weighted by Crippen LogP contribution is -2.44. The van der Waals surface area contributed by atoms with E-state index >= 15 is 0 Å². The molecule has 0 aliphatic heterocycles. The van der Waals surface area contributed by atoms with Crippen LogP contribution in [0.4, 0.5) is 4.79 Å². The summed E-state index contributed by atoms with van der Waals surface area (Å²) in [7, 11) is 1.62. The Kier molecular flexibility index (Phi) is 3.76. The van der Waals surface area contributed by atoms with Gasteiger partial charge in [-0.05, 0) is 10.8 Å². The van der Waals surface area contributed by atoms with Crippen LogP contribution < -0.4 is 10.6 Å². The normalized spacial score (nSPS) is 12.5. The number of carbonyl (C=O) groups is 1. The van der Waals surface area contributed by atoms with Crippen LogP contribution in [0.2, 0.25) is 0 Å². The van der Waals surface area contributed by atoms with Crippen LogP contribution in [-0.2, 0) is 0 Å². The molecule has 78 valence electrons. The number of amides is 2. The van der Waals surface area contributed by atoms with Gasteiger partial charge in [-0.2, -0.15) is 0 Å². The lowest BCUT2D eigenvalue weighted by molar-refractivity contribution is 0.131. The Bertz CT molecular complexity index is 180. The highest BCUT2D eigenvalue weighted by Crippen LogP contribution is 2.36. The van der Waals surface area contributed by atoms with Crippen molar-refractivity contribution in [2.75, 3.05) is 13.6 Å². The summed E-state index contributed by atoms with van der Waals surface area (Å²) < 4.78 is 0. The van der Waals surface area contributed by atoms with Gasteiger partial charge in [0.1, 0.15) is 0 Å². The van der Waals surface area contributed by atoms with E-state index in [-0.39, 0.29) is 16.9 Å². The molecule has 0 aromatic carbocycles. The van der Waals surface area contributed by atoms with Gasteiger partial charge < -0.3 is 10.6 Å². The molecule has 2 N–H and O–H groups in total. The van der Waals surface area contributed by atoms with E-state index in [0.29, 0.717) is 6.54 Å². The molecule has 2 amide bonds. The largest absolute Gasteiger partial charge is 0.341 e. The second-order valence-electron chi connectivity index (χ2n) is 5.07. The van der Waals surface area contributed by atoms with E-state index in [1.54, 1.807) is 7.05 Å². The monoisotopic (exact) mass is 186 g/mol. The first-order chi connectivity index (χ1) is 5.70. The highest BCUT2D eigenvalue weighted by Gasteiger charge is 2.32. The predicted octanol–water partition coefficient (Wildman–Crippen LogP) is 1.99. The average molecular weight is 186 g/mol. The summed E-state index contributed by atoms with van der Waals surface area (Å²) in [6.45, 7) is 11.5. The average Bonchev–Trinajstić information content (AvgIpc) is 1.98. The zero-order valence-electron chi connectivity index (χ0n) is 9.62. The lowest BCUT2D eigenvalue weighted by atomic mass is 9.69. The molecule has 13 heavy (non-hydrogen) atoms. The summed E-state index contributed by atoms with van der Waals surface area (Å²) >= 11 is 0. The van der Waals surface area contributed by atoms with Crippen molar-refractivity contribution in [2.24, 2.45) is 10.8 Å². The Morgan fingerprint density at radius 2 is 1.62 bits per heavy atom. The molecule has 0 fully saturated rings. The summed E-state index contributed by atoms with van der Waals surface area (Å²) in [5.74, 6) is 0. The molecule has 0 heterocycles. The van der Waals surface area contributed by atoms with Crippen LogP contribution in [0.15, 0.2) is 0 Å². The summed E-state index contributed by atoms with van der Waals surface area (Å²) in [6, 6.07) is -0.114. The fourth-order valence-electron chi connectivity index (χ4n) is 0.655. The number of rotatable bonds is 2. The highest BCUT2D eigenvalue weighted by atomic mass is 16.2. The fourth-order valence-corrected chi connectivity index (χ4v) is 0.655. The Balaban J connectivity index is 4.12. The van der Waals surface area contributed by atoms with Gasteiger partial charge in [0, 0.05) is 13.6 Å². The molecule has 3 heteroatoms. The van der Waals surface area contributed by atoms with E-state index in [9.17, 15) is 4.79 Å². The van der Waals surface area contributed by atoms with Crippen molar-refractivity contribution in [3.05, 3.63) is 0 Å². The molecule has 0 unspecified atom stereocenters. The molecule has 0 aliphatic carbocycles. The van der Waals surface area contributed by atoms with Crippen molar-refractivity contribution in [2.45, 2.75) is 34.6 Å². The minimum Gasteiger partial charge on any atom is -0.341 e. The second-order valence-corrected chi connectivity index (χ2v) is 5.07. The predicted molar refractivity (Wildman–Crippen MR) is 55.7 cm³/mol. The molecule has 0 aromatic rings. The van der Waals surface area contributed by atoms with Gasteiger partial charge in [-0.25, -0.2) is 4.79 Å². The number of carbonyl (C=O) groups excluding carboxylic acids is 1. The van der Waals surface area contributed by atoms with Crippen molar-refractivity contribution in [3.63, 3.8) is 0 Å². The third kappa shape index (κ3) is 3.66. The molecule has 0 atom stereocenters. The Hall–Kier alpha value is -0.730. The molecule has 0 aliphatic rings. The maximum absolute atomic E-state index is 11.0. The first kappa shape index (κ1) is 12.3. The third-order valence-corrected chi connectivity index (χ3v) is 2.95. The van der Waals surface area contributed by atoms with E-state index < -0.39 is 0 Å². The number of urea groups is 1. The quantitative estimate of drug-likeness (QED) is 0.680. The van der Waals surface area contributed by atoms with Crippen LogP contribution in [0.5, 0.6) is 0 Å². The standard InChI is InChI=1S/C10H22N2O/c1-9(2,3)10(4,5)7-12-8(13)11-6/h7H2,1-6H3,(H2,11,12,13). The molecule has 0 aromatic heterocycles. The smallest absolute Gasteiger partial charge is 0.314 e. The van der Waals surface area contributed by atoms with Gasteiger partial charge in [-0.15, -0.1) is 0 Å². The first-order valence-corrected chi connectivity index (χ1v) is 4.66. The van der Waals surface area contributed by atoms with Crippen LogP contribution in [0.3, 0.4) is 0 Å². The van der Waals surface area contributed by atoms with Crippen LogP contribution >= 0.6 is 0 Å². The number of nitrogens with one attached hydrogen (secondary N) is 2. The maximum atomic E-state index is 11.0. The van der Waals surface area contributed by atoms with Gasteiger partial charge in [-0.3, -0.25) is 0 Å². The van der Waals surface area contributed by atoms with E-state index in [4.69, 9.17) is 0 Å². The second kappa shape index (κ2) is 3.99. The summed E-state index contributed by atoms with van der Waals surface area (Å²) in [5, 5.41) is 5.37.